The molecule has 1 saturated heterocycles. The molecular formula is C22H23ClN4OS. The van der Waals surface area contributed by atoms with Gasteiger partial charge in [0, 0.05) is 44.1 Å². The summed E-state index contributed by atoms with van der Waals surface area (Å²) in [5, 5.41) is 1.43. The number of rotatable bonds is 4. The van der Waals surface area contributed by atoms with Gasteiger partial charge in [-0.05, 0) is 31.0 Å². The molecule has 1 aliphatic rings. The highest BCUT2D eigenvalue weighted by Gasteiger charge is 2.23. The number of hydrogen-bond acceptors (Lipinski definition) is 5. The van der Waals surface area contributed by atoms with E-state index in [1.165, 1.54) is 22.7 Å². The van der Waals surface area contributed by atoms with Crippen LogP contribution in [-0.2, 0) is 6.42 Å². The van der Waals surface area contributed by atoms with Crippen LogP contribution < -0.4 is 4.90 Å². The van der Waals surface area contributed by atoms with E-state index in [-0.39, 0.29) is 5.91 Å². The molecule has 7 heteroatoms. The standard InChI is InChI=1S/C22H23ClN4OS/c1-16-7-9-17(10-8-16)15-20-24-22(29-25-20)27-12-4-11-26(13-14-27)21(28)18-5-2-3-6-19(18)23/h2-3,5-10H,4,11-15H2,1H3. The van der Waals surface area contributed by atoms with E-state index in [1.807, 2.05) is 17.0 Å². The molecule has 0 unspecified atom stereocenters. The zero-order chi connectivity index (χ0) is 20.2. The van der Waals surface area contributed by atoms with Crippen molar-refractivity contribution in [2.24, 2.45) is 0 Å². The first-order chi connectivity index (χ1) is 14.1. The summed E-state index contributed by atoms with van der Waals surface area (Å²) < 4.78 is 4.54. The number of carbonyl (C=O) groups excluding carboxylic acids is 1. The van der Waals surface area contributed by atoms with Crippen LogP contribution in [0.1, 0.15) is 33.7 Å². The van der Waals surface area contributed by atoms with Crippen molar-refractivity contribution in [3.8, 4) is 0 Å². The predicted molar refractivity (Wildman–Crippen MR) is 118 cm³/mol. The average molecular weight is 427 g/mol. The lowest BCUT2D eigenvalue weighted by molar-refractivity contribution is 0.0767. The van der Waals surface area contributed by atoms with Crippen LogP contribution in [0, 0.1) is 6.92 Å². The molecule has 4 rings (SSSR count). The second-order valence-corrected chi connectivity index (χ2v) is 8.41. The molecule has 1 aliphatic heterocycles. The molecular weight excluding hydrogens is 404 g/mol. The van der Waals surface area contributed by atoms with Crippen LogP contribution in [0.15, 0.2) is 48.5 Å². The van der Waals surface area contributed by atoms with E-state index >= 15 is 0 Å². The third-order valence-electron chi connectivity index (χ3n) is 5.10. The summed E-state index contributed by atoms with van der Waals surface area (Å²) in [6, 6.07) is 15.7. The summed E-state index contributed by atoms with van der Waals surface area (Å²) >= 11 is 7.64. The zero-order valence-corrected chi connectivity index (χ0v) is 17.9. The van der Waals surface area contributed by atoms with E-state index in [2.05, 4.69) is 40.5 Å². The molecule has 1 amide bonds. The molecule has 0 bridgehead atoms. The molecule has 1 fully saturated rings. The first-order valence-electron chi connectivity index (χ1n) is 9.77. The van der Waals surface area contributed by atoms with Gasteiger partial charge in [0.1, 0.15) is 5.82 Å². The van der Waals surface area contributed by atoms with Gasteiger partial charge in [0.15, 0.2) is 0 Å². The van der Waals surface area contributed by atoms with Gasteiger partial charge in [0.25, 0.3) is 5.91 Å². The average Bonchev–Trinajstić information content (AvgIpc) is 3.04. The highest BCUT2D eigenvalue weighted by atomic mass is 35.5. The van der Waals surface area contributed by atoms with Gasteiger partial charge >= 0.3 is 0 Å². The summed E-state index contributed by atoms with van der Waals surface area (Å²) in [6.07, 6.45) is 1.63. The molecule has 2 heterocycles. The minimum Gasteiger partial charge on any atom is -0.345 e. The molecule has 0 spiro atoms. The van der Waals surface area contributed by atoms with Gasteiger partial charge in [-0.1, -0.05) is 53.6 Å². The van der Waals surface area contributed by atoms with E-state index in [1.54, 1.807) is 12.1 Å². The third-order valence-corrected chi connectivity index (χ3v) is 6.24. The molecule has 0 radical (unpaired) electrons. The van der Waals surface area contributed by atoms with Crippen molar-refractivity contribution in [2.75, 3.05) is 31.1 Å². The fourth-order valence-electron chi connectivity index (χ4n) is 3.45. The van der Waals surface area contributed by atoms with Crippen LogP contribution >= 0.6 is 23.1 Å². The number of aromatic nitrogens is 2. The van der Waals surface area contributed by atoms with Crippen molar-refractivity contribution in [2.45, 2.75) is 19.8 Å². The van der Waals surface area contributed by atoms with Crippen molar-refractivity contribution in [1.82, 2.24) is 14.3 Å². The van der Waals surface area contributed by atoms with E-state index < -0.39 is 0 Å². The number of anilines is 1. The Morgan fingerprint density at radius 3 is 2.66 bits per heavy atom. The largest absolute Gasteiger partial charge is 0.345 e. The van der Waals surface area contributed by atoms with Crippen molar-refractivity contribution < 1.29 is 4.79 Å². The minimum absolute atomic E-state index is 0.00484. The molecule has 2 aromatic carbocycles. The van der Waals surface area contributed by atoms with E-state index in [0.717, 1.165) is 43.4 Å². The van der Waals surface area contributed by atoms with Gasteiger partial charge in [0.2, 0.25) is 5.13 Å². The van der Waals surface area contributed by atoms with Gasteiger partial charge < -0.3 is 9.80 Å². The Labute approximate surface area is 180 Å². The molecule has 3 aromatic rings. The van der Waals surface area contributed by atoms with Crippen molar-refractivity contribution >= 4 is 34.2 Å². The Bertz CT molecular complexity index is 988. The summed E-state index contributed by atoms with van der Waals surface area (Å²) in [5.74, 6) is 0.844. The van der Waals surface area contributed by atoms with Crippen molar-refractivity contribution in [3.05, 3.63) is 76.1 Å². The van der Waals surface area contributed by atoms with Gasteiger partial charge in [-0.2, -0.15) is 4.37 Å². The summed E-state index contributed by atoms with van der Waals surface area (Å²) in [6.45, 7) is 5.06. The maximum atomic E-state index is 12.8. The van der Waals surface area contributed by atoms with E-state index in [4.69, 9.17) is 16.6 Å². The predicted octanol–water partition coefficient (Wildman–Crippen LogP) is 4.44. The fraction of sp³-hybridized carbons (Fsp3) is 0.318. The number of nitrogens with zero attached hydrogens (tertiary/aromatic N) is 4. The molecule has 150 valence electrons. The van der Waals surface area contributed by atoms with Gasteiger partial charge in [-0.25, -0.2) is 4.98 Å². The lowest BCUT2D eigenvalue weighted by atomic mass is 10.1. The maximum absolute atomic E-state index is 12.8. The quantitative estimate of drug-likeness (QED) is 0.618. The number of aryl methyl sites for hydroxylation is 1. The third kappa shape index (κ3) is 4.77. The van der Waals surface area contributed by atoms with Crippen LogP contribution in [0.2, 0.25) is 5.02 Å². The Morgan fingerprint density at radius 2 is 1.86 bits per heavy atom. The smallest absolute Gasteiger partial charge is 0.255 e. The number of halogens is 1. The van der Waals surface area contributed by atoms with Gasteiger partial charge in [-0.3, -0.25) is 4.79 Å². The molecule has 0 aliphatic carbocycles. The number of benzene rings is 2. The molecule has 5 nitrogen and oxygen atoms in total. The molecule has 0 saturated carbocycles. The van der Waals surface area contributed by atoms with Crippen LogP contribution in [0.25, 0.3) is 0 Å². The zero-order valence-electron chi connectivity index (χ0n) is 16.3. The number of hydrogen-bond donors (Lipinski definition) is 0. The highest BCUT2D eigenvalue weighted by Crippen LogP contribution is 2.22. The second-order valence-electron chi connectivity index (χ2n) is 7.27. The monoisotopic (exact) mass is 426 g/mol. The Hall–Kier alpha value is -2.44. The first-order valence-corrected chi connectivity index (χ1v) is 10.9. The van der Waals surface area contributed by atoms with Gasteiger partial charge in [0.05, 0.1) is 10.6 Å². The van der Waals surface area contributed by atoms with E-state index in [0.29, 0.717) is 17.1 Å². The van der Waals surface area contributed by atoms with Gasteiger partial charge in [-0.15, -0.1) is 0 Å². The highest BCUT2D eigenvalue weighted by molar-refractivity contribution is 7.09. The van der Waals surface area contributed by atoms with E-state index in [9.17, 15) is 4.79 Å². The minimum atomic E-state index is -0.00484. The molecule has 29 heavy (non-hydrogen) atoms. The SMILES string of the molecule is Cc1ccc(Cc2nsc(N3CCCN(C(=O)c4ccccc4Cl)CC3)n2)cc1. The normalized spacial score (nSPS) is 14.7. The lowest BCUT2D eigenvalue weighted by Gasteiger charge is -2.22. The van der Waals surface area contributed by atoms with Crippen LogP contribution in [0.5, 0.6) is 0 Å². The lowest BCUT2D eigenvalue weighted by Crippen LogP contribution is -2.35. The summed E-state index contributed by atoms with van der Waals surface area (Å²) in [7, 11) is 0. The molecule has 0 N–H and O–H groups in total. The Kier molecular flexibility index (Phi) is 6.11. The Morgan fingerprint density at radius 1 is 1.07 bits per heavy atom. The summed E-state index contributed by atoms with van der Waals surface area (Å²) in [5.41, 5.74) is 3.03. The Balaban J connectivity index is 1.40. The topological polar surface area (TPSA) is 49.3 Å². The van der Waals surface area contributed by atoms with Crippen LogP contribution in [0.4, 0.5) is 5.13 Å². The second kappa shape index (κ2) is 8.93. The molecule has 1 aromatic heterocycles. The fourth-order valence-corrected chi connectivity index (χ4v) is 4.40. The van der Waals surface area contributed by atoms with Crippen LogP contribution in [0.3, 0.4) is 0 Å². The maximum Gasteiger partial charge on any atom is 0.255 e. The summed E-state index contributed by atoms with van der Waals surface area (Å²) in [4.78, 5) is 21.7. The van der Waals surface area contributed by atoms with Crippen LogP contribution in [-0.4, -0.2) is 46.3 Å². The number of amides is 1. The van der Waals surface area contributed by atoms with Crippen molar-refractivity contribution in [1.29, 1.82) is 0 Å². The number of carbonyl (C=O) groups is 1. The van der Waals surface area contributed by atoms with Crippen molar-refractivity contribution in [3.63, 3.8) is 0 Å². The first kappa shape index (κ1) is 19.9. The molecule has 0 atom stereocenters.